The number of aryl methyl sites for hydroxylation is 1. The van der Waals surface area contributed by atoms with Crippen molar-refractivity contribution in [3.8, 4) is 0 Å². The Bertz CT molecular complexity index is 464. The van der Waals surface area contributed by atoms with Crippen LogP contribution in [-0.4, -0.2) is 11.4 Å². The van der Waals surface area contributed by atoms with E-state index in [2.05, 4.69) is 15.8 Å². The summed E-state index contributed by atoms with van der Waals surface area (Å²) < 4.78 is 5.38. The van der Waals surface area contributed by atoms with Gasteiger partial charge in [-0.1, -0.05) is 11.6 Å². The molecule has 2 rings (SSSR count). The zero-order valence-corrected chi connectivity index (χ0v) is 9.67. The van der Waals surface area contributed by atoms with Gasteiger partial charge in [-0.05, 0) is 43.2 Å². The third-order valence-corrected chi connectivity index (χ3v) is 3.55. The van der Waals surface area contributed by atoms with Crippen LogP contribution in [0.5, 0.6) is 0 Å². The molecule has 0 amide bonds. The summed E-state index contributed by atoms with van der Waals surface area (Å²) in [7, 11) is 1.93. The second-order valence-corrected chi connectivity index (χ2v) is 4.43. The van der Waals surface area contributed by atoms with E-state index in [1.807, 2.05) is 20.0 Å². The summed E-state index contributed by atoms with van der Waals surface area (Å²) in [6.45, 7) is 2.85. The number of nitrogens with zero attached hydrogens (tertiary/aromatic N) is 1. The van der Waals surface area contributed by atoms with Crippen LogP contribution in [0.15, 0.2) is 12.1 Å². The van der Waals surface area contributed by atoms with Crippen LogP contribution in [0, 0.1) is 6.92 Å². The minimum absolute atomic E-state index is 0.804. The molecule has 1 N–H and O–H groups in total. The summed E-state index contributed by atoms with van der Waals surface area (Å²) in [5, 5.41) is 5.09. The van der Waals surface area contributed by atoms with E-state index in [9.17, 15) is 0 Å². The van der Waals surface area contributed by atoms with Crippen molar-refractivity contribution in [2.24, 2.45) is 0 Å². The van der Waals surface area contributed by atoms with Crippen molar-refractivity contribution >= 4 is 33.2 Å². The molecule has 1 aromatic carbocycles. The van der Waals surface area contributed by atoms with E-state index in [1.165, 1.54) is 22.5 Å². The first-order chi connectivity index (χ1) is 6.72. The maximum absolute atomic E-state index is 6.15. The second-order valence-electron chi connectivity index (χ2n) is 3.25. The molecule has 0 spiro atoms. The number of hydrogen-bond donors (Lipinski definition) is 1. The Labute approximate surface area is 92.1 Å². The van der Waals surface area contributed by atoms with E-state index in [0.717, 1.165) is 22.0 Å². The Morgan fingerprint density at radius 3 is 3.00 bits per heavy atom. The third-order valence-electron chi connectivity index (χ3n) is 2.15. The minimum atomic E-state index is 0.804. The molecule has 0 bridgehead atoms. The van der Waals surface area contributed by atoms with Gasteiger partial charge in [0.1, 0.15) is 0 Å². The number of aromatic nitrogens is 1. The maximum Gasteiger partial charge on any atom is 0.0739 e. The number of nitrogens with one attached hydrogen (secondary N) is 1. The highest BCUT2D eigenvalue weighted by Gasteiger charge is 2.07. The van der Waals surface area contributed by atoms with E-state index in [4.69, 9.17) is 11.6 Å². The van der Waals surface area contributed by atoms with Gasteiger partial charge >= 0.3 is 0 Å². The van der Waals surface area contributed by atoms with Crippen molar-refractivity contribution in [3.05, 3.63) is 28.4 Å². The summed E-state index contributed by atoms with van der Waals surface area (Å²) in [5.41, 5.74) is 2.26. The molecule has 0 aliphatic carbocycles. The minimum Gasteiger partial charge on any atom is -0.316 e. The first kappa shape index (κ1) is 9.90. The molecule has 0 atom stereocenters. The van der Waals surface area contributed by atoms with E-state index in [-0.39, 0.29) is 0 Å². The molecule has 1 aromatic heterocycles. The van der Waals surface area contributed by atoms with Crippen LogP contribution in [0.1, 0.15) is 11.3 Å². The number of benzene rings is 1. The number of fused-ring (bicyclic) bond motifs is 1. The van der Waals surface area contributed by atoms with E-state index in [0.29, 0.717) is 0 Å². The van der Waals surface area contributed by atoms with Crippen molar-refractivity contribution in [2.45, 2.75) is 13.5 Å². The Balaban J connectivity index is 2.63. The number of hydrogen-bond acceptors (Lipinski definition) is 3. The van der Waals surface area contributed by atoms with Crippen molar-refractivity contribution < 1.29 is 0 Å². The SMILES string of the molecule is CNCc1cc(Cl)c2snc(C)c2c1. The molecule has 0 saturated heterocycles. The van der Waals surface area contributed by atoms with Crippen LogP contribution in [-0.2, 0) is 6.54 Å². The number of halogens is 1. The van der Waals surface area contributed by atoms with Gasteiger partial charge < -0.3 is 5.32 Å². The van der Waals surface area contributed by atoms with Gasteiger partial charge in [0.2, 0.25) is 0 Å². The standard InChI is InChI=1S/C10H11ClN2S/c1-6-8-3-7(5-12-2)4-9(11)10(8)14-13-6/h3-4,12H,5H2,1-2H3. The quantitative estimate of drug-likeness (QED) is 0.852. The molecule has 74 valence electrons. The Hall–Kier alpha value is -0.640. The lowest BCUT2D eigenvalue weighted by Crippen LogP contribution is -2.04. The summed E-state index contributed by atoms with van der Waals surface area (Å²) in [5.74, 6) is 0. The zero-order chi connectivity index (χ0) is 10.1. The van der Waals surface area contributed by atoms with Crippen LogP contribution in [0.25, 0.3) is 10.1 Å². The maximum atomic E-state index is 6.15. The smallest absolute Gasteiger partial charge is 0.0739 e. The summed E-state index contributed by atoms with van der Waals surface area (Å²) in [6.07, 6.45) is 0. The molecule has 0 aliphatic rings. The number of rotatable bonds is 2. The highest BCUT2D eigenvalue weighted by Crippen LogP contribution is 2.30. The third kappa shape index (κ3) is 1.63. The topological polar surface area (TPSA) is 24.9 Å². The van der Waals surface area contributed by atoms with E-state index < -0.39 is 0 Å². The molecule has 0 radical (unpaired) electrons. The molecule has 1 heterocycles. The van der Waals surface area contributed by atoms with Crippen molar-refractivity contribution in [1.29, 1.82) is 0 Å². The lowest BCUT2D eigenvalue weighted by Gasteiger charge is -2.01. The fourth-order valence-corrected chi connectivity index (χ4v) is 2.60. The highest BCUT2D eigenvalue weighted by molar-refractivity contribution is 7.14. The molecular formula is C10H11ClN2S. The first-order valence-electron chi connectivity index (χ1n) is 4.41. The summed E-state index contributed by atoms with van der Waals surface area (Å²) in [4.78, 5) is 0. The van der Waals surface area contributed by atoms with Crippen LogP contribution in [0.4, 0.5) is 0 Å². The van der Waals surface area contributed by atoms with Crippen molar-refractivity contribution in [3.63, 3.8) is 0 Å². The second kappa shape index (κ2) is 3.85. The molecule has 0 unspecified atom stereocenters. The van der Waals surface area contributed by atoms with E-state index >= 15 is 0 Å². The Kier molecular flexibility index (Phi) is 2.72. The Morgan fingerprint density at radius 1 is 1.50 bits per heavy atom. The molecule has 2 nitrogen and oxygen atoms in total. The van der Waals surface area contributed by atoms with Gasteiger partial charge in [0.05, 0.1) is 15.4 Å². The predicted molar refractivity (Wildman–Crippen MR) is 62.1 cm³/mol. The monoisotopic (exact) mass is 226 g/mol. The summed E-state index contributed by atoms with van der Waals surface area (Å²) in [6, 6.07) is 4.15. The van der Waals surface area contributed by atoms with Gasteiger partial charge in [-0.2, -0.15) is 4.37 Å². The molecule has 0 fully saturated rings. The van der Waals surface area contributed by atoms with Crippen LogP contribution in [0.3, 0.4) is 0 Å². The van der Waals surface area contributed by atoms with Gasteiger partial charge in [0.15, 0.2) is 0 Å². The fourth-order valence-electron chi connectivity index (χ4n) is 1.48. The van der Waals surface area contributed by atoms with Crippen LogP contribution < -0.4 is 5.32 Å². The molecular weight excluding hydrogens is 216 g/mol. The van der Waals surface area contributed by atoms with Gasteiger partial charge in [-0.15, -0.1) is 0 Å². The zero-order valence-electron chi connectivity index (χ0n) is 8.10. The molecule has 0 saturated carbocycles. The molecule has 2 aromatic rings. The first-order valence-corrected chi connectivity index (χ1v) is 5.56. The lowest BCUT2D eigenvalue weighted by atomic mass is 10.1. The normalized spacial score (nSPS) is 11.1. The van der Waals surface area contributed by atoms with Crippen molar-refractivity contribution in [1.82, 2.24) is 9.69 Å². The lowest BCUT2D eigenvalue weighted by molar-refractivity contribution is 0.819. The summed E-state index contributed by atoms with van der Waals surface area (Å²) >= 11 is 7.62. The highest BCUT2D eigenvalue weighted by atomic mass is 35.5. The van der Waals surface area contributed by atoms with Gasteiger partial charge in [0, 0.05) is 11.9 Å². The van der Waals surface area contributed by atoms with Gasteiger partial charge in [-0.25, -0.2) is 0 Å². The Morgan fingerprint density at radius 2 is 2.29 bits per heavy atom. The predicted octanol–water partition coefficient (Wildman–Crippen LogP) is 2.98. The molecule has 4 heteroatoms. The van der Waals surface area contributed by atoms with E-state index in [1.54, 1.807) is 0 Å². The molecule has 0 aliphatic heterocycles. The van der Waals surface area contributed by atoms with Crippen molar-refractivity contribution in [2.75, 3.05) is 7.05 Å². The largest absolute Gasteiger partial charge is 0.316 e. The average Bonchev–Trinajstić information content (AvgIpc) is 2.49. The van der Waals surface area contributed by atoms with Crippen LogP contribution in [0.2, 0.25) is 5.02 Å². The average molecular weight is 227 g/mol. The van der Waals surface area contributed by atoms with Gasteiger partial charge in [-0.3, -0.25) is 0 Å². The van der Waals surface area contributed by atoms with Gasteiger partial charge in [0.25, 0.3) is 0 Å². The fraction of sp³-hybridized carbons (Fsp3) is 0.300. The van der Waals surface area contributed by atoms with Crippen LogP contribution >= 0.6 is 23.1 Å². The molecule has 14 heavy (non-hydrogen) atoms.